The summed E-state index contributed by atoms with van der Waals surface area (Å²) in [5, 5.41) is 2.78. The van der Waals surface area contributed by atoms with Crippen molar-refractivity contribution < 1.29 is 19.1 Å². The first-order valence-corrected chi connectivity index (χ1v) is 9.93. The van der Waals surface area contributed by atoms with Gasteiger partial charge in [0.05, 0.1) is 19.8 Å². The Morgan fingerprint density at radius 3 is 2.46 bits per heavy atom. The lowest BCUT2D eigenvalue weighted by Gasteiger charge is -2.16. The van der Waals surface area contributed by atoms with E-state index in [0.29, 0.717) is 30.4 Å². The quantitative estimate of drug-likeness (QED) is 0.645. The third kappa shape index (κ3) is 6.42. The molecule has 2 rings (SSSR count). The first kappa shape index (κ1) is 21.5. The first-order valence-electron chi connectivity index (χ1n) is 9.12. The molecule has 1 aromatic carbocycles. The Kier molecular flexibility index (Phi) is 8.07. The lowest BCUT2D eigenvalue weighted by molar-refractivity contribution is -0.129. The van der Waals surface area contributed by atoms with E-state index < -0.39 is 0 Å². The van der Waals surface area contributed by atoms with Gasteiger partial charge in [-0.3, -0.25) is 9.59 Å². The molecule has 0 aliphatic rings. The number of benzene rings is 1. The summed E-state index contributed by atoms with van der Waals surface area (Å²) >= 11 is 1.61. The summed E-state index contributed by atoms with van der Waals surface area (Å²) in [5.74, 6) is 0.676. The average molecular weight is 403 g/mol. The van der Waals surface area contributed by atoms with E-state index in [9.17, 15) is 9.59 Å². The topological polar surface area (TPSA) is 67.9 Å². The molecule has 1 heterocycles. The number of nitrogens with one attached hydrogen (secondary N) is 1. The maximum absolute atomic E-state index is 12.3. The number of thiophene rings is 1. The van der Waals surface area contributed by atoms with Crippen molar-refractivity contribution in [1.82, 2.24) is 4.90 Å². The van der Waals surface area contributed by atoms with Crippen LogP contribution < -0.4 is 14.8 Å². The highest BCUT2D eigenvalue weighted by molar-refractivity contribution is 7.12. The summed E-state index contributed by atoms with van der Waals surface area (Å²) in [6.07, 6.45) is 3.23. The average Bonchev–Trinajstić information content (AvgIpc) is 3.07. The molecule has 28 heavy (non-hydrogen) atoms. The van der Waals surface area contributed by atoms with E-state index in [0.717, 1.165) is 4.88 Å². The number of carbonyl (C=O) groups excluding carboxylic acids is 2. The molecule has 150 valence electrons. The van der Waals surface area contributed by atoms with Gasteiger partial charge in [-0.15, -0.1) is 11.3 Å². The maximum atomic E-state index is 12.3. The van der Waals surface area contributed by atoms with E-state index in [2.05, 4.69) is 5.32 Å². The molecule has 0 bridgehead atoms. The number of anilines is 1. The number of carbonyl (C=O) groups is 2. The zero-order valence-electron chi connectivity index (χ0n) is 16.7. The highest BCUT2D eigenvalue weighted by atomic mass is 32.1. The fourth-order valence-corrected chi connectivity index (χ4v) is 3.23. The van der Waals surface area contributed by atoms with E-state index in [4.69, 9.17) is 9.47 Å². The highest BCUT2D eigenvalue weighted by Gasteiger charge is 2.12. The molecule has 0 aliphatic heterocycles. The van der Waals surface area contributed by atoms with Crippen LogP contribution in [-0.4, -0.2) is 43.5 Å². The molecule has 1 N–H and O–H groups in total. The number of hydrogen-bond acceptors (Lipinski definition) is 5. The summed E-state index contributed by atoms with van der Waals surface area (Å²) in [6.45, 7) is 6.75. The van der Waals surface area contributed by atoms with Gasteiger partial charge in [0.15, 0.2) is 11.5 Å². The van der Waals surface area contributed by atoms with Crippen LogP contribution in [0.5, 0.6) is 11.5 Å². The van der Waals surface area contributed by atoms with Crippen LogP contribution in [0.2, 0.25) is 0 Å². The molecule has 0 fully saturated rings. The largest absolute Gasteiger partial charge is 0.490 e. The molecule has 0 saturated heterocycles. The Bertz CT molecular complexity index is 845. The van der Waals surface area contributed by atoms with Gasteiger partial charge in [-0.25, -0.2) is 0 Å². The zero-order valence-corrected chi connectivity index (χ0v) is 17.5. The van der Waals surface area contributed by atoms with Crippen molar-refractivity contribution in [3.8, 4) is 11.5 Å². The highest BCUT2D eigenvalue weighted by Crippen LogP contribution is 2.30. The van der Waals surface area contributed by atoms with E-state index in [1.165, 1.54) is 15.9 Å². The Morgan fingerprint density at radius 1 is 1.11 bits per heavy atom. The smallest absolute Gasteiger partial charge is 0.246 e. The van der Waals surface area contributed by atoms with E-state index in [1.54, 1.807) is 42.7 Å². The molecule has 1 aromatic heterocycles. The molecule has 0 atom stereocenters. The predicted octanol–water partition coefficient (Wildman–Crippen LogP) is 3.96. The third-order valence-electron chi connectivity index (χ3n) is 3.74. The number of aryl methyl sites for hydroxylation is 1. The van der Waals surface area contributed by atoms with Crippen molar-refractivity contribution in [3.05, 3.63) is 46.2 Å². The predicted molar refractivity (Wildman–Crippen MR) is 113 cm³/mol. The molecular formula is C21H26N2O4S. The second-order valence-electron chi connectivity index (χ2n) is 6.05. The number of likely N-dealkylation sites (N-methyl/N-ethyl adjacent to an activating group) is 1. The number of rotatable bonds is 9. The van der Waals surface area contributed by atoms with Crippen molar-refractivity contribution in [2.75, 3.05) is 32.1 Å². The molecule has 2 amide bonds. The Morgan fingerprint density at radius 2 is 1.82 bits per heavy atom. The van der Waals surface area contributed by atoms with Crippen molar-refractivity contribution in [2.45, 2.75) is 20.8 Å². The van der Waals surface area contributed by atoms with Gasteiger partial charge in [-0.2, -0.15) is 0 Å². The maximum Gasteiger partial charge on any atom is 0.246 e. The van der Waals surface area contributed by atoms with Gasteiger partial charge in [-0.1, -0.05) is 0 Å². The fraction of sp³-hybridized carbons (Fsp3) is 0.333. The van der Waals surface area contributed by atoms with Crippen LogP contribution in [-0.2, 0) is 9.59 Å². The van der Waals surface area contributed by atoms with Crippen molar-refractivity contribution >= 4 is 34.9 Å². The van der Waals surface area contributed by atoms with Gasteiger partial charge in [0.1, 0.15) is 0 Å². The van der Waals surface area contributed by atoms with Crippen LogP contribution in [0.15, 0.2) is 36.4 Å². The minimum atomic E-state index is -0.289. The molecule has 0 saturated carbocycles. The van der Waals surface area contributed by atoms with Gasteiger partial charge in [0, 0.05) is 34.6 Å². The molecule has 0 spiro atoms. The Labute approximate surface area is 169 Å². The van der Waals surface area contributed by atoms with E-state index in [-0.39, 0.29) is 18.4 Å². The number of nitrogens with zero attached hydrogens (tertiary/aromatic N) is 1. The number of hydrogen-bond donors (Lipinski definition) is 1. The van der Waals surface area contributed by atoms with Gasteiger partial charge < -0.3 is 19.7 Å². The van der Waals surface area contributed by atoms with E-state index >= 15 is 0 Å². The summed E-state index contributed by atoms with van der Waals surface area (Å²) < 4.78 is 11.1. The van der Waals surface area contributed by atoms with Crippen LogP contribution in [0.25, 0.3) is 6.08 Å². The molecule has 2 aromatic rings. The Hall–Kier alpha value is -2.80. The fourth-order valence-electron chi connectivity index (χ4n) is 2.45. The summed E-state index contributed by atoms with van der Waals surface area (Å²) in [5.41, 5.74) is 0.586. The normalized spacial score (nSPS) is 10.7. The molecule has 0 unspecified atom stereocenters. The lowest BCUT2D eigenvalue weighted by atomic mass is 10.2. The number of amides is 2. The molecule has 0 radical (unpaired) electrons. The van der Waals surface area contributed by atoms with Crippen LogP contribution >= 0.6 is 11.3 Å². The van der Waals surface area contributed by atoms with Gasteiger partial charge in [-0.05, 0) is 51.1 Å². The van der Waals surface area contributed by atoms with Gasteiger partial charge >= 0.3 is 0 Å². The first-order chi connectivity index (χ1) is 13.4. The number of ether oxygens (including phenoxy) is 2. The monoisotopic (exact) mass is 402 g/mol. The zero-order chi connectivity index (χ0) is 20.5. The second-order valence-corrected chi connectivity index (χ2v) is 7.37. The lowest BCUT2D eigenvalue weighted by Crippen LogP contribution is -2.33. The third-order valence-corrected chi connectivity index (χ3v) is 4.70. The summed E-state index contributed by atoms with van der Waals surface area (Å²) in [4.78, 5) is 28.0. The molecule has 7 heteroatoms. The summed E-state index contributed by atoms with van der Waals surface area (Å²) in [6, 6.07) is 9.17. The van der Waals surface area contributed by atoms with Crippen molar-refractivity contribution in [3.63, 3.8) is 0 Å². The van der Waals surface area contributed by atoms with Crippen molar-refractivity contribution in [1.29, 1.82) is 0 Å². The van der Waals surface area contributed by atoms with Gasteiger partial charge in [0.25, 0.3) is 0 Å². The molecule has 6 nitrogen and oxygen atoms in total. The summed E-state index contributed by atoms with van der Waals surface area (Å²) in [7, 11) is 1.59. The standard InChI is InChI=1S/C21H26N2O4S/c1-5-26-18-11-8-16(13-19(18)27-6-2)22-20(24)14-23(4)21(25)12-10-17-9-7-15(3)28-17/h7-13H,5-6,14H2,1-4H3,(H,22,24)/b12-10+. The molecule has 0 aliphatic carbocycles. The second kappa shape index (κ2) is 10.5. The minimum absolute atomic E-state index is 0.0518. The SMILES string of the molecule is CCOc1ccc(NC(=O)CN(C)C(=O)/C=C/c2ccc(C)s2)cc1OCC. The van der Waals surface area contributed by atoms with Crippen LogP contribution in [0, 0.1) is 6.92 Å². The Balaban J connectivity index is 1.94. The van der Waals surface area contributed by atoms with Crippen LogP contribution in [0.3, 0.4) is 0 Å². The van der Waals surface area contributed by atoms with Crippen molar-refractivity contribution in [2.24, 2.45) is 0 Å². The van der Waals surface area contributed by atoms with E-state index in [1.807, 2.05) is 32.9 Å². The van der Waals surface area contributed by atoms with Crippen LogP contribution in [0.4, 0.5) is 5.69 Å². The minimum Gasteiger partial charge on any atom is -0.490 e. The van der Waals surface area contributed by atoms with Gasteiger partial charge in [0.2, 0.25) is 11.8 Å². The molecular weight excluding hydrogens is 376 g/mol. The van der Waals surface area contributed by atoms with Crippen LogP contribution in [0.1, 0.15) is 23.6 Å².